The number of hydrogen-bond acceptors (Lipinski definition) is 4. The highest BCUT2D eigenvalue weighted by atomic mass is 35.5. The molecule has 0 bridgehead atoms. The van der Waals surface area contributed by atoms with Gasteiger partial charge in [-0.15, -0.1) is 0 Å². The van der Waals surface area contributed by atoms with Crippen molar-refractivity contribution in [2.45, 2.75) is 19.4 Å². The maximum absolute atomic E-state index is 12.2. The monoisotopic (exact) mass is 397 g/mol. The van der Waals surface area contributed by atoms with Crippen molar-refractivity contribution < 1.29 is 19.0 Å². The molecule has 0 unspecified atom stereocenters. The predicted molar refractivity (Wildman–Crippen MR) is 103 cm³/mol. The average molecular weight is 398 g/mol. The minimum absolute atomic E-state index is 0.225. The molecule has 1 atom stereocenters. The summed E-state index contributed by atoms with van der Waals surface area (Å²) >= 11 is 11.9. The van der Waals surface area contributed by atoms with Gasteiger partial charge < -0.3 is 19.5 Å². The number of halogens is 2. The number of methoxy groups -OCH3 is 2. The van der Waals surface area contributed by atoms with Gasteiger partial charge in [0.1, 0.15) is 5.75 Å². The number of ether oxygens (including phenoxy) is 3. The Morgan fingerprint density at radius 1 is 1.04 bits per heavy atom. The van der Waals surface area contributed by atoms with Crippen LogP contribution in [0.15, 0.2) is 36.4 Å². The molecule has 0 aromatic heterocycles. The highest BCUT2D eigenvalue weighted by molar-refractivity contribution is 6.35. The largest absolute Gasteiger partial charge is 0.493 e. The number of amides is 1. The lowest BCUT2D eigenvalue weighted by Gasteiger charge is -2.16. The molecule has 140 valence electrons. The number of carbonyl (C=O) groups excluding carboxylic acids is 1. The Morgan fingerprint density at radius 3 is 2.38 bits per heavy atom. The fourth-order valence-corrected chi connectivity index (χ4v) is 2.78. The maximum atomic E-state index is 12.2. The highest BCUT2D eigenvalue weighted by Gasteiger charge is 2.16. The maximum Gasteiger partial charge on any atom is 0.260 e. The van der Waals surface area contributed by atoms with E-state index in [0.29, 0.717) is 40.3 Å². The van der Waals surface area contributed by atoms with Crippen molar-refractivity contribution in [2.75, 3.05) is 20.8 Å². The summed E-state index contributed by atoms with van der Waals surface area (Å²) in [5.74, 6) is 1.52. The van der Waals surface area contributed by atoms with E-state index < -0.39 is 6.10 Å². The minimum Gasteiger partial charge on any atom is -0.493 e. The summed E-state index contributed by atoms with van der Waals surface area (Å²) in [4.78, 5) is 12.2. The van der Waals surface area contributed by atoms with Crippen molar-refractivity contribution in [1.82, 2.24) is 5.32 Å². The molecule has 2 aromatic carbocycles. The van der Waals surface area contributed by atoms with Crippen LogP contribution in [0.25, 0.3) is 0 Å². The molecule has 0 saturated heterocycles. The molecule has 0 aliphatic heterocycles. The Hall–Kier alpha value is -2.11. The van der Waals surface area contributed by atoms with E-state index >= 15 is 0 Å². The molecule has 0 radical (unpaired) electrons. The zero-order chi connectivity index (χ0) is 19.1. The van der Waals surface area contributed by atoms with Gasteiger partial charge in [0.05, 0.1) is 19.2 Å². The second-order valence-electron chi connectivity index (χ2n) is 5.57. The molecule has 2 aromatic rings. The number of benzene rings is 2. The van der Waals surface area contributed by atoms with Gasteiger partial charge in [0.2, 0.25) is 0 Å². The van der Waals surface area contributed by atoms with E-state index in [-0.39, 0.29) is 5.91 Å². The summed E-state index contributed by atoms with van der Waals surface area (Å²) in [6, 6.07) is 10.5. The van der Waals surface area contributed by atoms with Crippen molar-refractivity contribution in [3.05, 3.63) is 52.0 Å². The van der Waals surface area contributed by atoms with Crippen LogP contribution in [0.3, 0.4) is 0 Å². The molecular weight excluding hydrogens is 377 g/mol. The Bertz CT molecular complexity index is 767. The molecule has 0 heterocycles. The van der Waals surface area contributed by atoms with E-state index in [1.165, 1.54) is 0 Å². The van der Waals surface area contributed by atoms with Crippen molar-refractivity contribution >= 4 is 29.1 Å². The van der Waals surface area contributed by atoms with E-state index in [1.54, 1.807) is 39.3 Å². The third-order valence-corrected chi connectivity index (χ3v) is 4.26. The molecular formula is C19H21Cl2NO4. The first kappa shape index (κ1) is 20.2. The van der Waals surface area contributed by atoms with E-state index in [0.717, 1.165) is 5.56 Å². The van der Waals surface area contributed by atoms with Gasteiger partial charge in [-0.2, -0.15) is 0 Å². The van der Waals surface area contributed by atoms with Crippen LogP contribution >= 0.6 is 23.2 Å². The van der Waals surface area contributed by atoms with Crippen LogP contribution in [-0.4, -0.2) is 32.8 Å². The average Bonchev–Trinajstić information content (AvgIpc) is 2.63. The van der Waals surface area contributed by atoms with Gasteiger partial charge in [-0.05, 0) is 49.2 Å². The predicted octanol–water partition coefficient (Wildman–Crippen LogP) is 4.14. The molecule has 0 spiro atoms. The topological polar surface area (TPSA) is 56.8 Å². The lowest BCUT2D eigenvalue weighted by atomic mass is 10.1. The lowest BCUT2D eigenvalue weighted by molar-refractivity contribution is -0.127. The van der Waals surface area contributed by atoms with Crippen molar-refractivity contribution in [3.63, 3.8) is 0 Å². The SMILES string of the molecule is COc1ccc(CCNC(=O)[C@@H](C)Oc2ccc(Cl)cc2Cl)cc1OC. The van der Waals surface area contributed by atoms with Gasteiger partial charge in [0.15, 0.2) is 17.6 Å². The second-order valence-corrected chi connectivity index (χ2v) is 6.41. The molecule has 0 aliphatic rings. The zero-order valence-corrected chi connectivity index (χ0v) is 16.4. The van der Waals surface area contributed by atoms with Crippen molar-refractivity contribution in [3.8, 4) is 17.2 Å². The molecule has 7 heteroatoms. The quantitative estimate of drug-likeness (QED) is 0.726. The highest BCUT2D eigenvalue weighted by Crippen LogP contribution is 2.29. The van der Waals surface area contributed by atoms with Gasteiger partial charge in [-0.3, -0.25) is 4.79 Å². The van der Waals surface area contributed by atoms with Crippen LogP contribution in [0.5, 0.6) is 17.2 Å². The summed E-state index contributed by atoms with van der Waals surface area (Å²) in [7, 11) is 3.18. The Morgan fingerprint density at radius 2 is 1.73 bits per heavy atom. The summed E-state index contributed by atoms with van der Waals surface area (Å²) in [6.45, 7) is 2.13. The first-order valence-electron chi connectivity index (χ1n) is 8.05. The van der Waals surface area contributed by atoms with Crippen molar-refractivity contribution in [1.29, 1.82) is 0 Å². The summed E-state index contributed by atoms with van der Waals surface area (Å²) < 4.78 is 16.1. The smallest absolute Gasteiger partial charge is 0.260 e. The molecule has 0 aliphatic carbocycles. The van der Waals surface area contributed by atoms with Crippen LogP contribution in [0.2, 0.25) is 10.0 Å². The van der Waals surface area contributed by atoms with E-state index in [2.05, 4.69) is 5.32 Å². The summed E-state index contributed by atoms with van der Waals surface area (Å²) in [5, 5.41) is 3.72. The van der Waals surface area contributed by atoms with Gasteiger partial charge in [-0.1, -0.05) is 29.3 Å². The molecule has 0 fully saturated rings. The summed E-state index contributed by atoms with van der Waals surface area (Å²) in [5.41, 5.74) is 1.03. The second kappa shape index (κ2) is 9.55. The van der Waals surface area contributed by atoms with Gasteiger partial charge in [0, 0.05) is 11.6 Å². The first-order valence-corrected chi connectivity index (χ1v) is 8.80. The van der Waals surface area contributed by atoms with Gasteiger partial charge in [-0.25, -0.2) is 0 Å². The van der Waals surface area contributed by atoms with Crippen molar-refractivity contribution in [2.24, 2.45) is 0 Å². The van der Waals surface area contributed by atoms with Crippen LogP contribution in [0.4, 0.5) is 0 Å². The number of carbonyl (C=O) groups is 1. The molecule has 1 amide bonds. The van der Waals surface area contributed by atoms with Gasteiger partial charge >= 0.3 is 0 Å². The Labute approximate surface area is 163 Å². The van der Waals surface area contributed by atoms with Crippen LogP contribution in [0.1, 0.15) is 12.5 Å². The summed E-state index contributed by atoms with van der Waals surface area (Å²) in [6.07, 6.45) is -0.0281. The number of nitrogens with one attached hydrogen (secondary N) is 1. The zero-order valence-electron chi connectivity index (χ0n) is 14.8. The van der Waals surface area contributed by atoms with Gasteiger partial charge in [0.25, 0.3) is 5.91 Å². The van der Waals surface area contributed by atoms with E-state index in [4.69, 9.17) is 37.4 Å². The fraction of sp³-hybridized carbons (Fsp3) is 0.316. The van der Waals surface area contributed by atoms with Crippen LogP contribution in [-0.2, 0) is 11.2 Å². The standard InChI is InChI=1S/C19H21Cl2NO4/c1-12(26-16-7-5-14(20)11-15(16)21)19(23)22-9-8-13-4-6-17(24-2)18(10-13)25-3/h4-7,10-12H,8-9H2,1-3H3,(H,22,23)/t12-/m1/s1. The number of hydrogen-bond donors (Lipinski definition) is 1. The Balaban J connectivity index is 1.86. The molecule has 0 saturated carbocycles. The first-order chi connectivity index (χ1) is 12.4. The van der Waals surface area contributed by atoms with E-state index in [1.807, 2.05) is 18.2 Å². The molecule has 26 heavy (non-hydrogen) atoms. The lowest BCUT2D eigenvalue weighted by Crippen LogP contribution is -2.37. The third-order valence-electron chi connectivity index (χ3n) is 3.73. The number of rotatable bonds is 8. The molecule has 2 rings (SSSR count). The fourth-order valence-electron chi connectivity index (χ4n) is 2.32. The van der Waals surface area contributed by atoms with E-state index in [9.17, 15) is 4.79 Å². The minimum atomic E-state index is -0.681. The Kier molecular flexibility index (Phi) is 7.42. The molecule has 5 nitrogen and oxygen atoms in total. The van der Waals surface area contributed by atoms with Crippen LogP contribution in [0, 0.1) is 0 Å². The van der Waals surface area contributed by atoms with Crippen LogP contribution < -0.4 is 19.5 Å². The third kappa shape index (κ3) is 5.44. The molecule has 1 N–H and O–H groups in total. The normalized spacial score (nSPS) is 11.6.